The average Bonchev–Trinajstić information content (AvgIpc) is 3.48. The molecule has 6 nitrogen and oxygen atoms in total. The van der Waals surface area contributed by atoms with Crippen LogP contribution in [-0.4, -0.2) is 36.7 Å². The number of guanidine groups is 1. The highest BCUT2D eigenvalue weighted by Gasteiger charge is 2.65. The standard InChI is InChI=1S/C22H28N4O2.HI/c1-23-21(24-13-16-14-28-20(25-16)15-7-3-2-4-8-15)26-18-17-9-12-27-19(17)22(18)10-5-6-11-22;/h2-4,7-8,14,17-19H,5-6,9-13H2,1H3,(H2,23,24,26);1H. The summed E-state index contributed by atoms with van der Waals surface area (Å²) in [6, 6.07) is 10.4. The van der Waals surface area contributed by atoms with Crippen molar-refractivity contribution in [1.82, 2.24) is 15.6 Å². The van der Waals surface area contributed by atoms with E-state index in [2.05, 4.69) is 20.6 Å². The summed E-state index contributed by atoms with van der Waals surface area (Å²) in [5.74, 6) is 2.11. The fraction of sp³-hybridized carbons (Fsp3) is 0.545. The molecule has 5 rings (SSSR count). The Morgan fingerprint density at radius 3 is 2.79 bits per heavy atom. The van der Waals surface area contributed by atoms with Crippen molar-refractivity contribution >= 4 is 29.9 Å². The van der Waals surface area contributed by atoms with Crippen LogP contribution in [-0.2, 0) is 11.3 Å². The Labute approximate surface area is 188 Å². The lowest BCUT2D eigenvalue weighted by molar-refractivity contribution is -0.125. The minimum absolute atomic E-state index is 0. The van der Waals surface area contributed by atoms with Crippen molar-refractivity contribution < 1.29 is 9.15 Å². The van der Waals surface area contributed by atoms with E-state index in [1.807, 2.05) is 37.4 Å². The number of hydrogen-bond donors (Lipinski definition) is 2. The predicted octanol–water partition coefficient (Wildman–Crippen LogP) is 3.97. The maximum Gasteiger partial charge on any atom is 0.226 e. The van der Waals surface area contributed by atoms with Crippen molar-refractivity contribution in [3.8, 4) is 11.5 Å². The van der Waals surface area contributed by atoms with Crippen LogP contribution in [0.4, 0.5) is 0 Å². The van der Waals surface area contributed by atoms with Crippen molar-refractivity contribution in [3.05, 3.63) is 42.3 Å². The van der Waals surface area contributed by atoms with Crippen molar-refractivity contribution in [2.75, 3.05) is 13.7 Å². The number of aromatic nitrogens is 1. The van der Waals surface area contributed by atoms with E-state index < -0.39 is 0 Å². The van der Waals surface area contributed by atoms with E-state index in [4.69, 9.17) is 9.15 Å². The number of aliphatic imine (C=N–C) groups is 1. The molecule has 2 heterocycles. The molecule has 0 amide bonds. The predicted molar refractivity (Wildman–Crippen MR) is 123 cm³/mol. The molecule has 7 heteroatoms. The van der Waals surface area contributed by atoms with Gasteiger partial charge in [0.2, 0.25) is 5.89 Å². The first kappa shape index (κ1) is 20.7. The van der Waals surface area contributed by atoms with Crippen molar-refractivity contribution in [2.24, 2.45) is 16.3 Å². The third kappa shape index (κ3) is 3.67. The first-order valence-corrected chi connectivity index (χ1v) is 10.4. The van der Waals surface area contributed by atoms with E-state index >= 15 is 0 Å². The van der Waals surface area contributed by atoms with E-state index in [1.54, 1.807) is 6.26 Å². The highest BCUT2D eigenvalue weighted by atomic mass is 127. The zero-order valence-electron chi connectivity index (χ0n) is 16.8. The second kappa shape index (κ2) is 8.63. The molecule has 3 unspecified atom stereocenters. The van der Waals surface area contributed by atoms with E-state index in [0.717, 1.165) is 30.2 Å². The molecule has 2 N–H and O–H groups in total. The summed E-state index contributed by atoms with van der Waals surface area (Å²) in [7, 11) is 1.83. The Bertz CT molecular complexity index is 848. The molecule has 0 radical (unpaired) electrons. The molecule has 1 aromatic heterocycles. The summed E-state index contributed by atoms with van der Waals surface area (Å²) >= 11 is 0. The van der Waals surface area contributed by atoms with Gasteiger partial charge in [0.15, 0.2) is 5.96 Å². The number of halogens is 1. The number of fused-ring (bicyclic) bond motifs is 2. The number of benzene rings is 1. The molecule has 3 aliphatic rings. The van der Waals surface area contributed by atoms with E-state index in [1.165, 1.54) is 25.7 Å². The highest BCUT2D eigenvalue weighted by molar-refractivity contribution is 14.0. The normalized spacial score (nSPS) is 27.2. The van der Waals surface area contributed by atoms with Crippen LogP contribution in [0.15, 0.2) is 46.0 Å². The monoisotopic (exact) mass is 508 g/mol. The van der Waals surface area contributed by atoms with E-state index in [0.29, 0.717) is 35.9 Å². The summed E-state index contributed by atoms with van der Waals surface area (Å²) in [6.07, 6.45) is 8.50. The van der Waals surface area contributed by atoms with Gasteiger partial charge in [-0.2, -0.15) is 0 Å². The van der Waals surface area contributed by atoms with Crippen LogP contribution in [0.5, 0.6) is 0 Å². The Kier molecular flexibility index (Phi) is 6.15. The second-order valence-electron chi connectivity index (χ2n) is 8.24. The number of rotatable bonds is 4. The molecule has 2 aliphatic carbocycles. The van der Waals surface area contributed by atoms with Gasteiger partial charge in [0.1, 0.15) is 6.26 Å². The summed E-state index contributed by atoms with van der Waals surface area (Å²) in [4.78, 5) is 9.05. The van der Waals surface area contributed by atoms with Crippen LogP contribution in [0, 0.1) is 11.3 Å². The van der Waals surface area contributed by atoms with Crippen molar-refractivity contribution in [3.63, 3.8) is 0 Å². The minimum atomic E-state index is 0. The van der Waals surface area contributed by atoms with Crippen LogP contribution in [0.25, 0.3) is 11.5 Å². The zero-order chi connectivity index (χ0) is 19.0. The lowest BCUT2D eigenvalue weighted by Gasteiger charge is -2.57. The van der Waals surface area contributed by atoms with Gasteiger partial charge >= 0.3 is 0 Å². The molecular weight excluding hydrogens is 479 g/mol. The molecular formula is C22H29IN4O2. The third-order valence-corrected chi connectivity index (χ3v) is 6.81. The highest BCUT2D eigenvalue weighted by Crippen LogP contribution is 2.60. The van der Waals surface area contributed by atoms with Crippen LogP contribution in [0.3, 0.4) is 0 Å². The van der Waals surface area contributed by atoms with Gasteiger partial charge in [0.05, 0.1) is 18.3 Å². The third-order valence-electron chi connectivity index (χ3n) is 6.81. The SMILES string of the molecule is CN=C(NCc1coc(-c2ccccc2)n1)NC1C2CCOC2C12CCCC2.I. The molecule has 0 bridgehead atoms. The van der Waals surface area contributed by atoms with E-state index in [-0.39, 0.29) is 24.0 Å². The lowest BCUT2D eigenvalue weighted by Crippen LogP contribution is -2.69. The summed E-state index contributed by atoms with van der Waals surface area (Å²) in [5, 5.41) is 7.13. The minimum Gasteiger partial charge on any atom is -0.444 e. The Morgan fingerprint density at radius 1 is 1.24 bits per heavy atom. The van der Waals surface area contributed by atoms with Gasteiger partial charge < -0.3 is 19.8 Å². The van der Waals surface area contributed by atoms with Gasteiger partial charge in [0.25, 0.3) is 0 Å². The molecule has 2 saturated carbocycles. The largest absolute Gasteiger partial charge is 0.444 e. The van der Waals surface area contributed by atoms with E-state index in [9.17, 15) is 0 Å². The molecule has 2 aromatic rings. The average molecular weight is 508 g/mol. The molecule has 29 heavy (non-hydrogen) atoms. The van der Waals surface area contributed by atoms with Crippen LogP contribution >= 0.6 is 24.0 Å². The van der Waals surface area contributed by atoms with Gasteiger partial charge in [-0.15, -0.1) is 24.0 Å². The fourth-order valence-corrected chi connectivity index (χ4v) is 5.52. The van der Waals surface area contributed by atoms with Crippen molar-refractivity contribution in [1.29, 1.82) is 0 Å². The van der Waals surface area contributed by atoms with Gasteiger partial charge in [-0.25, -0.2) is 4.98 Å². The van der Waals surface area contributed by atoms with Crippen molar-refractivity contribution in [2.45, 2.75) is 50.8 Å². The maximum absolute atomic E-state index is 6.09. The summed E-state index contributed by atoms with van der Waals surface area (Å²) in [5.41, 5.74) is 2.17. The smallest absolute Gasteiger partial charge is 0.226 e. The van der Waals surface area contributed by atoms with Gasteiger partial charge in [-0.05, 0) is 31.4 Å². The summed E-state index contributed by atoms with van der Waals surface area (Å²) in [6.45, 7) is 1.49. The molecule has 1 saturated heterocycles. The Morgan fingerprint density at radius 2 is 2.03 bits per heavy atom. The Balaban J connectivity index is 0.00000205. The molecule has 156 valence electrons. The number of nitrogens with zero attached hydrogens (tertiary/aromatic N) is 2. The van der Waals surface area contributed by atoms with Gasteiger partial charge in [-0.1, -0.05) is 31.0 Å². The quantitative estimate of drug-likeness (QED) is 0.372. The summed E-state index contributed by atoms with van der Waals surface area (Å²) < 4.78 is 11.7. The number of hydrogen-bond acceptors (Lipinski definition) is 4. The Hall–Kier alpha value is -1.61. The fourth-order valence-electron chi connectivity index (χ4n) is 5.52. The van der Waals surface area contributed by atoms with Crippen LogP contribution < -0.4 is 10.6 Å². The molecule has 1 aliphatic heterocycles. The molecule has 1 aromatic carbocycles. The topological polar surface area (TPSA) is 71.7 Å². The van der Waals surface area contributed by atoms with Crippen LogP contribution in [0.2, 0.25) is 0 Å². The number of ether oxygens (including phenoxy) is 1. The molecule has 1 spiro atoms. The first-order chi connectivity index (χ1) is 13.8. The molecule has 3 atom stereocenters. The molecule has 3 fully saturated rings. The van der Waals surface area contributed by atoms with Gasteiger partial charge in [-0.3, -0.25) is 4.99 Å². The number of nitrogens with one attached hydrogen (secondary N) is 2. The zero-order valence-corrected chi connectivity index (χ0v) is 19.1. The lowest BCUT2D eigenvalue weighted by atomic mass is 9.54. The van der Waals surface area contributed by atoms with Crippen LogP contribution in [0.1, 0.15) is 37.8 Å². The van der Waals surface area contributed by atoms with Gasteiger partial charge in [0, 0.05) is 36.6 Å². The number of oxazole rings is 1. The second-order valence-corrected chi connectivity index (χ2v) is 8.24. The first-order valence-electron chi connectivity index (χ1n) is 10.4. The maximum atomic E-state index is 6.09.